The standard InChI is InChI=1S/C20H24ClNO3/c1-15(2)25-19-10-3-6-16(12-19)7-5-11-22-20(23)14-24-18-9-4-8-17(21)13-18/h3-4,6,8-10,12-13,15H,5,7,11,14H2,1-2H3,(H,22,23). The van der Waals surface area contributed by atoms with E-state index in [0.29, 0.717) is 17.3 Å². The zero-order chi connectivity index (χ0) is 18.1. The number of hydrogen-bond donors (Lipinski definition) is 1. The summed E-state index contributed by atoms with van der Waals surface area (Å²) in [7, 11) is 0. The SMILES string of the molecule is CC(C)Oc1cccc(CCCNC(=O)COc2cccc(Cl)c2)c1. The summed E-state index contributed by atoms with van der Waals surface area (Å²) in [5.74, 6) is 1.33. The number of benzene rings is 2. The summed E-state index contributed by atoms with van der Waals surface area (Å²) in [6, 6.07) is 15.1. The van der Waals surface area contributed by atoms with Gasteiger partial charge in [-0.05, 0) is 62.6 Å². The number of hydrogen-bond acceptors (Lipinski definition) is 3. The maximum Gasteiger partial charge on any atom is 0.257 e. The summed E-state index contributed by atoms with van der Waals surface area (Å²) in [6.07, 6.45) is 1.90. The Morgan fingerprint density at radius 1 is 1.12 bits per heavy atom. The molecule has 0 bridgehead atoms. The third kappa shape index (κ3) is 7.48. The van der Waals surface area contributed by atoms with E-state index in [1.54, 1.807) is 24.3 Å². The summed E-state index contributed by atoms with van der Waals surface area (Å²) in [4.78, 5) is 11.8. The number of ether oxygens (including phenoxy) is 2. The third-order valence-corrected chi connectivity index (χ3v) is 3.64. The zero-order valence-corrected chi connectivity index (χ0v) is 15.4. The van der Waals surface area contributed by atoms with Gasteiger partial charge in [0.05, 0.1) is 6.10 Å². The second-order valence-corrected chi connectivity index (χ2v) is 6.45. The third-order valence-electron chi connectivity index (χ3n) is 3.40. The zero-order valence-electron chi connectivity index (χ0n) is 14.6. The maximum absolute atomic E-state index is 11.8. The molecule has 5 heteroatoms. The minimum absolute atomic E-state index is 0.0158. The summed E-state index contributed by atoms with van der Waals surface area (Å²) in [5.41, 5.74) is 1.20. The summed E-state index contributed by atoms with van der Waals surface area (Å²) >= 11 is 5.87. The van der Waals surface area contributed by atoms with E-state index in [4.69, 9.17) is 21.1 Å². The van der Waals surface area contributed by atoms with Crippen LogP contribution in [0.1, 0.15) is 25.8 Å². The Morgan fingerprint density at radius 2 is 1.88 bits per heavy atom. The van der Waals surface area contributed by atoms with Gasteiger partial charge >= 0.3 is 0 Å². The van der Waals surface area contributed by atoms with Gasteiger partial charge in [0.1, 0.15) is 11.5 Å². The fourth-order valence-corrected chi connectivity index (χ4v) is 2.50. The first-order valence-electron chi connectivity index (χ1n) is 8.43. The van der Waals surface area contributed by atoms with E-state index in [2.05, 4.69) is 11.4 Å². The highest BCUT2D eigenvalue weighted by Gasteiger charge is 2.04. The second kappa shape index (κ2) is 9.94. The molecule has 0 spiro atoms. The van der Waals surface area contributed by atoms with Crippen molar-refractivity contribution in [2.45, 2.75) is 32.8 Å². The van der Waals surface area contributed by atoms with Crippen LogP contribution in [0, 0.1) is 0 Å². The fourth-order valence-electron chi connectivity index (χ4n) is 2.32. The first kappa shape index (κ1) is 19.1. The summed E-state index contributed by atoms with van der Waals surface area (Å²) in [6.45, 7) is 4.60. The molecule has 25 heavy (non-hydrogen) atoms. The molecule has 2 aromatic rings. The molecule has 0 unspecified atom stereocenters. The van der Waals surface area contributed by atoms with E-state index in [9.17, 15) is 4.79 Å². The van der Waals surface area contributed by atoms with Crippen molar-refractivity contribution in [3.8, 4) is 11.5 Å². The van der Waals surface area contributed by atoms with Crippen LogP contribution in [-0.4, -0.2) is 25.2 Å². The monoisotopic (exact) mass is 361 g/mol. The van der Waals surface area contributed by atoms with Crippen LogP contribution in [0.2, 0.25) is 5.02 Å². The van der Waals surface area contributed by atoms with Crippen molar-refractivity contribution < 1.29 is 14.3 Å². The smallest absolute Gasteiger partial charge is 0.257 e. The largest absolute Gasteiger partial charge is 0.491 e. The second-order valence-electron chi connectivity index (χ2n) is 6.01. The molecule has 1 N–H and O–H groups in total. The molecular formula is C20H24ClNO3. The molecule has 0 aliphatic carbocycles. The van der Waals surface area contributed by atoms with Crippen molar-refractivity contribution in [1.82, 2.24) is 5.32 Å². The highest BCUT2D eigenvalue weighted by molar-refractivity contribution is 6.30. The molecule has 2 rings (SSSR count). The number of carbonyl (C=O) groups is 1. The molecule has 0 heterocycles. The molecule has 0 fully saturated rings. The maximum atomic E-state index is 11.8. The minimum Gasteiger partial charge on any atom is -0.491 e. The Labute approximate surface area is 154 Å². The van der Waals surface area contributed by atoms with Crippen molar-refractivity contribution in [3.63, 3.8) is 0 Å². The molecule has 1 amide bonds. The first-order chi connectivity index (χ1) is 12.0. The summed E-state index contributed by atoms with van der Waals surface area (Å²) in [5, 5.41) is 3.44. The average molecular weight is 362 g/mol. The molecule has 2 aromatic carbocycles. The van der Waals surface area contributed by atoms with Crippen LogP contribution in [0.3, 0.4) is 0 Å². The molecule has 0 aliphatic rings. The molecule has 0 radical (unpaired) electrons. The molecular weight excluding hydrogens is 338 g/mol. The van der Waals surface area contributed by atoms with Gasteiger partial charge in [-0.15, -0.1) is 0 Å². The number of nitrogens with one attached hydrogen (secondary N) is 1. The fraction of sp³-hybridized carbons (Fsp3) is 0.350. The molecule has 4 nitrogen and oxygen atoms in total. The van der Waals surface area contributed by atoms with Crippen molar-refractivity contribution >= 4 is 17.5 Å². The van der Waals surface area contributed by atoms with Gasteiger partial charge in [0.25, 0.3) is 5.91 Å². The lowest BCUT2D eigenvalue weighted by atomic mass is 10.1. The number of aryl methyl sites for hydroxylation is 1. The lowest BCUT2D eigenvalue weighted by molar-refractivity contribution is -0.123. The van der Waals surface area contributed by atoms with Crippen LogP contribution in [0.5, 0.6) is 11.5 Å². The van der Waals surface area contributed by atoms with E-state index >= 15 is 0 Å². The van der Waals surface area contributed by atoms with Gasteiger partial charge in [-0.25, -0.2) is 0 Å². The van der Waals surface area contributed by atoms with Crippen LogP contribution in [0.4, 0.5) is 0 Å². The van der Waals surface area contributed by atoms with Gasteiger partial charge in [0, 0.05) is 11.6 Å². The summed E-state index contributed by atoms with van der Waals surface area (Å²) < 4.78 is 11.1. The Hall–Kier alpha value is -2.20. The first-order valence-corrected chi connectivity index (χ1v) is 8.81. The molecule has 0 atom stereocenters. The van der Waals surface area contributed by atoms with Gasteiger partial charge in [0.2, 0.25) is 0 Å². The Kier molecular flexibility index (Phi) is 7.61. The predicted octanol–water partition coefficient (Wildman–Crippen LogP) is 4.26. The Morgan fingerprint density at radius 3 is 2.64 bits per heavy atom. The number of rotatable bonds is 9. The topological polar surface area (TPSA) is 47.6 Å². The van der Waals surface area contributed by atoms with Crippen LogP contribution >= 0.6 is 11.6 Å². The van der Waals surface area contributed by atoms with Crippen LogP contribution in [0.25, 0.3) is 0 Å². The average Bonchev–Trinajstić information content (AvgIpc) is 2.57. The molecule has 0 saturated carbocycles. The predicted molar refractivity (Wildman–Crippen MR) is 100 cm³/mol. The number of amides is 1. The van der Waals surface area contributed by atoms with Gasteiger partial charge in [-0.3, -0.25) is 4.79 Å². The van der Waals surface area contributed by atoms with Gasteiger partial charge in [-0.2, -0.15) is 0 Å². The molecule has 134 valence electrons. The highest BCUT2D eigenvalue weighted by atomic mass is 35.5. The molecule has 0 aliphatic heterocycles. The number of halogens is 1. The minimum atomic E-state index is -0.142. The van der Waals surface area contributed by atoms with Crippen LogP contribution in [0.15, 0.2) is 48.5 Å². The van der Waals surface area contributed by atoms with E-state index in [1.165, 1.54) is 5.56 Å². The van der Waals surface area contributed by atoms with Crippen LogP contribution < -0.4 is 14.8 Å². The van der Waals surface area contributed by atoms with Crippen LogP contribution in [-0.2, 0) is 11.2 Å². The van der Waals surface area contributed by atoms with Crippen molar-refractivity contribution in [3.05, 3.63) is 59.1 Å². The molecule has 0 saturated heterocycles. The molecule has 0 aromatic heterocycles. The lowest BCUT2D eigenvalue weighted by Crippen LogP contribution is -2.29. The van der Waals surface area contributed by atoms with Gasteiger partial charge < -0.3 is 14.8 Å². The van der Waals surface area contributed by atoms with E-state index in [0.717, 1.165) is 18.6 Å². The lowest BCUT2D eigenvalue weighted by Gasteiger charge is -2.11. The van der Waals surface area contributed by atoms with Crippen molar-refractivity contribution in [2.75, 3.05) is 13.2 Å². The van der Waals surface area contributed by atoms with E-state index in [-0.39, 0.29) is 18.6 Å². The highest BCUT2D eigenvalue weighted by Crippen LogP contribution is 2.17. The van der Waals surface area contributed by atoms with Gasteiger partial charge in [0.15, 0.2) is 6.61 Å². The van der Waals surface area contributed by atoms with E-state index < -0.39 is 0 Å². The quantitative estimate of drug-likeness (QED) is 0.679. The number of carbonyl (C=O) groups excluding carboxylic acids is 1. The van der Waals surface area contributed by atoms with Gasteiger partial charge in [-0.1, -0.05) is 29.8 Å². The van der Waals surface area contributed by atoms with Crippen molar-refractivity contribution in [2.24, 2.45) is 0 Å². The Balaban J connectivity index is 1.66. The normalized spacial score (nSPS) is 10.6. The Bertz CT molecular complexity index is 688. The van der Waals surface area contributed by atoms with E-state index in [1.807, 2.05) is 32.0 Å². The van der Waals surface area contributed by atoms with Crippen molar-refractivity contribution in [1.29, 1.82) is 0 Å².